The molecule has 0 atom stereocenters. The zero-order valence-corrected chi connectivity index (χ0v) is 9.51. The van der Waals surface area contributed by atoms with E-state index in [0.717, 1.165) is 12.4 Å². The second kappa shape index (κ2) is 5.47. The molecule has 0 amide bonds. The van der Waals surface area contributed by atoms with E-state index in [0.29, 0.717) is 19.0 Å². The fourth-order valence-corrected chi connectivity index (χ4v) is 1.33. The van der Waals surface area contributed by atoms with Gasteiger partial charge in [0, 0.05) is 6.54 Å². The Labute approximate surface area is 90.3 Å². The first kappa shape index (κ1) is 11.7. The van der Waals surface area contributed by atoms with Crippen molar-refractivity contribution < 1.29 is 0 Å². The average Bonchev–Trinajstić information content (AvgIpc) is 2.52. The van der Waals surface area contributed by atoms with Gasteiger partial charge in [-0.1, -0.05) is 13.8 Å². The van der Waals surface area contributed by atoms with Gasteiger partial charge < -0.3 is 0 Å². The fraction of sp³-hybridized carbons (Fsp3) is 0.700. The lowest BCUT2D eigenvalue weighted by atomic mass is 10.2. The van der Waals surface area contributed by atoms with E-state index in [2.05, 4.69) is 30.0 Å². The van der Waals surface area contributed by atoms with Gasteiger partial charge in [0.15, 0.2) is 0 Å². The Morgan fingerprint density at radius 2 is 2.33 bits per heavy atom. The minimum Gasteiger partial charge on any atom is -0.286 e. The Kier molecular flexibility index (Phi) is 4.25. The third-order valence-electron chi connectivity index (χ3n) is 1.99. The predicted molar refractivity (Wildman–Crippen MR) is 56.8 cm³/mol. The summed E-state index contributed by atoms with van der Waals surface area (Å²) < 4.78 is 1.90. The Balaban J connectivity index is 2.61. The van der Waals surface area contributed by atoms with E-state index >= 15 is 0 Å². The number of nitriles is 1. The van der Waals surface area contributed by atoms with E-state index in [1.165, 1.54) is 0 Å². The summed E-state index contributed by atoms with van der Waals surface area (Å²) in [5.74, 6) is 1.47. The second-order valence-corrected chi connectivity index (χ2v) is 4.08. The molecular weight excluding hydrogens is 190 g/mol. The van der Waals surface area contributed by atoms with Crippen LogP contribution in [0.4, 0.5) is 0 Å². The minimum atomic E-state index is 0.411. The van der Waals surface area contributed by atoms with Crippen LogP contribution in [0.15, 0.2) is 6.33 Å². The van der Waals surface area contributed by atoms with Gasteiger partial charge >= 0.3 is 0 Å². The molecule has 1 heterocycles. The van der Waals surface area contributed by atoms with Gasteiger partial charge in [-0.3, -0.25) is 4.90 Å². The van der Waals surface area contributed by atoms with Crippen LogP contribution in [0, 0.1) is 17.2 Å². The van der Waals surface area contributed by atoms with Crippen LogP contribution in [-0.4, -0.2) is 33.3 Å². The molecule has 5 heteroatoms. The molecule has 1 aromatic rings. The van der Waals surface area contributed by atoms with Crippen LogP contribution in [0.2, 0.25) is 0 Å². The lowest BCUT2D eigenvalue weighted by Gasteiger charge is -2.13. The monoisotopic (exact) mass is 207 g/mol. The van der Waals surface area contributed by atoms with E-state index in [1.54, 1.807) is 6.33 Å². The predicted octanol–water partition coefficient (Wildman–Crippen LogP) is 0.889. The van der Waals surface area contributed by atoms with Crippen LogP contribution in [0.5, 0.6) is 0 Å². The van der Waals surface area contributed by atoms with Crippen molar-refractivity contribution in [3.8, 4) is 6.07 Å². The Hall–Kier alpha value is -1.41. The summed E-state index contributed by atoms with van der Waals surface area (Å²) in [5.41, 5.74) is 0. The zero-order valence-electron chi connectivity index (χ0n) is 9.51. The minimum absolute atomic E-state index is 0.411. The number of nitrogens with zero attached hydrogens (tertiary/aromatic N) is 5. The molecule has 82 valence electrons. The lowest BCUT2D eigenvalue weighted by molar-refractivity contribution is 0.338. The van der Waals surface area contributed by atoms with E-state index in [9.17, 15) is 0 Å². The number of hydrogen-bond donors (Lipinski definition) is 0. The highest BCUT2D eigenvalue weighted by Crippen LogP contribution is 2.03. The average molecular weight is 207 g/mol. The van der Waals surface area contributed by atoms with Gasteiger partial charge in [-0.25, -0.2) is 9.67 Å². The molecule has 0 aliphatic carbocycles. The van der Waals surface area contributed by atoms with Crippen molar-refractivity contribution in [2.75, 3.05) is 13.6 Å². The maximum atomic E-state index is 8.55. The van der Waals surface area contributed by atoms with Crippen molar-refractivity contribution in [2.24, 2.45) is 5.92 Å². The summed E-state index contributed by atoms with van der Waals surface area (Å²) in [6, 6.07) is 2.11. The third-order valence-corrected chi connectivity index (χ3v) is 1.99. The van der Waals surface area contributed by atoms with Crippen molar-refractivity contribution in [1.82, 2.24) is 19.7 Å². The second-order valence-electron chi connectivity index (χ2n) is 4.08. The van der Waals surface area contributed by atoms with E-state index in [4.69, 9.17) is 5.26 Å². The van der Waals surface area contributed by atoms with Crippen molar-refractivity contribution in [3.63, 3.8) is 0 Å². The molecule has 0 aliphatic heterocycles. The van der Waals surface area contributed by atoms with Gasteiger partial charge in [0.1, 0.15) is 12.2 Å². The lowest BCUT2D eigenvalue weighted by Crippen LogP contribution is -2.22. The van der Waals surface area contributed by atoms with Crippen LogP contribution in [0.25, 0.3) is 0 Å². The summed E-state index contributed by atoms with van der Waals surface area (Å²) in [5, 5.41) is 12.7. The molecule has 0 N–H and O–H groups in total. The first-order valence-corrected chi connectivity index (χ1v) is 5.05. The van der Waals surface area contributed by atoms with Crippen molar-refractivity contribution in [3.05, 3.63) is 12.2 Å². The molecule has 0 saturated carbocycles. The smallest absolute Gasteiger partial charge is 0.141 e. The van der Waals surface area contributed by atoms with Crippen LogP contribution in [0.1, 0.15) is 19.7 Å². The summed E-state index contributed by atoms with van der Waals surface area (Å²) in [4.78, 5) is 6.11. The van der Waals surface area contributed by atoms with Gasteiger partial charge in [-0.05, 0) is 13.0 Å². The Morgan fingerprint density at radius 1 is 1.60 bits per heavy atom. The molecule has 1 rings (SSSR count). The molecule has 15 heavy (non-hydrogen) atoms. The van der Waals surface area contributed by atoms with Gasteiger partial charge in [0.05, 0.1) is 19.2 Å². The van der Waals surface area contributed by atoms with E-state index in [-0.39, 0.29) is 0 Å². The molecule has 0 fully saturated rings. The molecule has 0 radical (unpaired) electrons. The van der Waals surface area contributed by atoms with Crippen LogP contribution >= 0.6 is 0 Å². The van der Waals surface area contributed by atoms with Gasteiger partial charge in [0.2, 0.25) is 0 Å². The topological polar surface area (TPSA) is 57.7 Å². The molecular formula is C10H17N5. The van der Waals surface area contributed by atoms with E-state index < -0.39 is 0 Å². The normalized spacial score (nSPS) is 10.9. The first-order chi connectivity index (χ1) is 7.13. The summed E-state index contributed by atoms with van der Waals surface area (Å²) in [6.07, 6.45) is 1.57. The number of hydrogen-bond acceptors (Lipinski definition) is 4. The maximum Gasteiger partial charge on any atom is 0.141 e. The third kappa shape index (κ3) is 3.68. The van der Waals surface area contributed by atoms with Crippen LogP contribution < -0.4 is 0 Å². The van der Waals surface area contributed by atoms with Crippen molar-refractivity contribution in [1.29, 1.82) is 5.26 Å². The standard InChI is InChI=1S/C10H17N5/c1-9(2)6-15-10(12-8-13-15)7-14(3)5-4-11/h8-9H,5-7H2,1-3H3. The quantitative estimate of drug-likeness (QED) is 0.673. The van der Waals surface area contributed by atoms with Gasteiger partial charge in [0.25, 0.3) is 0 Å². The van der Waals surface area contributed by atoms with E-state index in [1.807, 2.05) is 16.6 Å². The molecule has 0 unspecified atom stereocenters. The Morgan fingerprint density at radius 3 is 2.93 bits per heavy atom. The van der Waals surface area contributed by atoms with Crippen LogP contribution in [0.3, 0.4) is 0 Å². The van der Waals surface area contributed by atoms with Crippen molar-refractivity contribution >= 4 is 0 Å². The van der Waals surface area contributed by atoms with Crippen molar-refractivity contribution in [2.45, 2.75) is 26.9 Å². The number of aromatic nitrogens is 3. The molecule has 0 bridgehead atoms. The molecule has 0 spiro atoms. The fourth-order valence-electron chi connectivity index (χ4n) is 1.33. The zero-order chi connectivity index (χ0) is 11.3. The molecule has 0 saturated heterocycles. The number of rotatable bonds is 5. The van der Waals surface area contributed by atoms with Crippen LogP contribution in [-0.2, 0) is 13.1 Å². The molecule has 1 aromatic heterocycles. The molecule has 0 aliphatic rings. The highest BCUT2D eigenvalue weighted by molar-refractivity contribution is 4.86. The van der Waals surface area contributed by atoms with Gasteiger partial charge in [-0.15, -0.1) is 0 Å². The maximum absolute atomic E-state index is 8.55. The highest BCUT2D eigenvalue weighted by atomic mass is 15.3. The summed E-state index contributed by atoms with van der Waals surface area (Å²) >= 11 is 0. The summed E-state index contributed by atoms with van der Waals surface area (Å²) in [7, 11) is 1.90. The Bertz CT molecular complexity index is 336. The summed E-state index contributed by atoms with van der Waals surface area (Å²) in [6.45, 7) is 6.24. The van der Waals surface area contributed by atoms with Gasteiger partial charge in [-0.2, -0.15) is 10.4 Å². The molecule has 5 nitrogen and oxygen atoms in total. The SMILES string of the molecule is CC(C)Cn1ncnc1CN(C)CC#N. The highest BCUT2D eigenvalue weighted by Gasteiger charge is 2.08. The molecule has 0 aromatic carbocycles. The largest absolute Gasteiger partial charge is 0.286 e. The first-order valence-electron chi connectivity index (χ1n) is 5.05.